The van der Waals surface area contributed by atoms with Gasteiger partial charge in [-0.05, 0) is 12.8 Å². The van der Waals surface area contributed by atoms with Crippen LogP contribution in [0.1, 0.15) is 32.1 Å². The van der Waals surface area contributed by atoms with Crippen LogP contribution in [-0.2, 0) is 23.7 Å². The van der Waals surface area contributed by atoms with Crippen molar-refractivity contribution in [1.82, 2.24) is 0 Å². The number of hydrogen-bond donors (Lipinski definition) is 1. The van der Waals surface area contributed by atoms with E-state index >= 15 is 0 Å². The Bertz CT molecular complexity index is 377. The van der Waals surface area contributed by atoms with Gasteiger partial charge in [0.1, 0.15) is 6.10 Å². The SMILES string of the molecule is O=C1OC2C3OC4(CCCCC4)OC3O[C@@H]2C1O. The van der Waals surface area contributed by atoms with E-state index in [1.807, 2.05) is 0 Å². The first kappa shape index (κ1) is 11.2. The van der Waals surface area contributed by atoms with Crippen molar-refractivity contribution in [1.29, 1.82) is 0 Å². The smallest absolute Gasteiger partial charge is 0.338 e. The highest BCUT2D eigenvalue weighted by Gasteiger charge is 2.64. The van der Waals surface area contributed by atoms with Gasteiger partial charge in [-0.15, -0.1) is 0 Å². The highest BCUT2D eigenvalue weighted by molar-refractivity contribution is 5.78. The van der Waals surface area contributed by atoms with Crippen molar-refractivity contribution < 1.29 is 28.8 Å². The van der Waals surface area contributed by atoms with E-state index in [0.29, 0.717) is 0 Å². The first-order valence-corrected chi connectivity index (χ1v) is 6.58. The number of hydrogen-bond acceptors (Lipinski definition) is 6. The van der Waals surface area contributed by atoms with Gasteiger partial charge in [0.15, 0.2) is 30.4 Å². The van der Waals surface area contributed by atoms with Gasteiger partial charge < -0.3 is 24.1 Å². The van der Waals surface area contributed by atoms with Gasteiger partial charge in [0.2, 0.25) is 0 Å². The molecule has 0 aromatic rings. The fourth-order valence-electron chi connectivity index (χ4n) is 3.41. The second-order valence-electron chi connectivity index (χ2n) is 5.49. The molecule has 3 saturated heterocycles. The van der Waals surface area contributed by atoms with Gasteiger partial charge in [0.05, 0.1) is 0 Å². The van der Waals surface area contributed by atoms with Gasteiger partial charge in [-0.25, -0.2) is 4.79 Å². The fourth-order valence-corrected chi connectivity index (χ4v) is 3.41. The Kier molecular flexibility index (Phi) is 2.27. The molecule has 4 aliphatic rings. The van der Waals surface area contributed by atoms with Crippen molar-refractivity contribution >= 4 is 5.97 Å². The third kappa shape index (κ3) is 1.40. The maximum absolute atomic E-state index is 11.3. The largest absolute Gasteiger partial charge is 0.454 e. The molecule has 5 atom stereocenters. The van der Waals surface area contributed by atoms with E-state index in [2.05, 4.69) is 0 Å². The minimum Gasteiger partial charge on any atom is -0.454 e. The Morgan fingerprint density at radius 3 is 2.61 bits per heavy atom. The summed E-state index contributed by atoms with van der Waals surface area (Å²) in [6.45, 7) is 0. The molecule has 4 fully saturated rings. The van der Waals surface area contributed by atoms with Crippen LogP contribution in [0.15, 0.2) is 0 Å². The standard InChI is InChI=1S/C12H16O6/c13-6-7-8(15-10(6)14)9-11(16-7)18-12(17-9)4-2-1-3-5-12/h6-9,11,13H,1-5H2/t6?,7-,8?,9?,11?/m1/s1. The zero-order valence-electron chi connectivity index (χ0n) is 9.91. The monoisotopic (exact) mass is 256 g/mol. The number of aliphatic hydroxyl groups is 1. The van der Waals surface area contributed by atoms with Crippen LogP contribution in [0.25, 0.3) is 0 Å². The van der Waals surface area contributed by atoms with E-state index in [0.717, 1.165) is 25.7 Å². The van der Waals surface area contributed by atoms with Crippen molar-refractivity contribution in [3.8, 4) is 0 Å². The summed E-state index contributed by atoms with van der Waals surface area (Å²) in [5.74, 6) is -1.19. The Morgan fingerprint density at radius 1 is 1.06 bits per heavy atom. The van der Waals surface area contributed by atoms with Crippen LogP contribution in [0, 0.1) is 0 Å². The van der Waals surface area contributed by atoms with Crippen LogP contribution in [0.5, 0.6) is 0 Å². The number of aliphatic hydroxyl groups excluding tert-OH is 1. The lowest BCUT2D eigenvalue weighted by molar-refractivity contribution is -0.245. The van der Waals surface area contributed by atoms with Crippen LogP contribution in [0.2, 0.25) is 0 Å². The van der Waals surface area contributed by atoms with Crippen molar-refractivity contribution in [3.63, 3.8) is 0 Å². The molecule has 0 aromatic carbocycles. The third-order valence-electron chi connectivity index (χ3n) is 4.31. The zero-order chi connectivity index (χ0) is 12.3. The first-order chi connectivity index (χ1) is 8.69. The van der Waals surface area contributed by atoms with Gasteiger partial charge in [0, 0.05) is 12.8 Å². The summed E-state index contributed by atoms with van der Waals surface area (Å²) in [4.78, 5) is 11.3. The molecule has 18 heavy (non-hydrogen) atoms. The highest BCUT2D eigenvalue weighted by atomic mass is 16.8. The lowest BCUT2D eigenvalue weighted by atomic mass is 9.94. The highest BCUT2D eigenvalue weighted by Crippen LogP contribution is 2.47. The molecule has 1 saturated carbocycles. The molecular formula is C12H16O6. The summed E-state index contributed by atoms with van der Waals surface area (Å²) >= 11 is 0. The Balaban J connectivity index is 1.54. The number of fused-ring (bicyclic) bond motifs is 3. The summed E-state index contributed by atoms with van der Waals surface area (Å²) in [5, 5.41) is 9.61. The summed E-state index contributed by atoms with van der Waals surface area (Å²) in [6.07, 6.45) is 1.78. The van der Waals surface area contributed by atoms with Crippen LogP contribution in [0.3, 0.4) is 0 Å². The molecule has 0 bridgehead atoms. The molecular weight excluding hydrogens is 240 g/mol. The van der Waals surface area contributed by atoms with Crippen molar-refractivity contribution in [2.45, 2.75) is 68.6 Å². The number of ether oxygens (including phenoxy) is 4. The van der Waals surface area contributed by atoms with E-state index in [4.69, 9.17) is 18.9 Å². The Labute approximate surface area is 104 Å². The maximum atomic E-state index is 11.3. The molecule has 1 N–H and O–H groups in total. The Hall–Kier alpha value is -0.690. The van der Waals surface area contributed by atoms with E-state index in [9.17, 15) is 9.90 Å². The predicted octanol–water partition coefficient (Wildman–Crippen LogP) is 0.0734. The summed E-state index contributed by atoms with van der Waals surface area (Å²) < 4.78 is 22.6. The zero-order valence-corrected chi connectivity index (χ0v) is 9.91. The molecule has 0 radical (unpaired) electrons. The van der Waals surface area contributed by atoms with Crippen LogP contribution >= 0.6 is 0 Å². The number of rotatable bonds is 0. The second kappa shape index (κ2) is 3.66. The molecule has 6 heteroatoms. The molecule has 4 unspecified atom stereocenters. The van der Waals surface area contributed by atoms with Crippen molar-refractivity contribution in [2.75, 3.05) is 0 Å². The molecule has 4 rings (SSSR count). The Morgan fingerprint density at radius 2 is 1.83 bits per heavy atom. The lowest BCUT2D eigenvalue weighted by Crippen LogP contribution is -2.39. The average Bonchev–Trinajstić information content (AvgIpc) is 2.93. The van der Waals surface area contributed by atoms with Gasteiger partial charge >= 0.3 is 5.97 Å². The fraction of sp³-hybridized carbons (Fsp3) is 0.917. The minimum absolute atomic E-state index is 0.394. The summed E-state index contributed by atoms with van der Waals surface area (Å²) in [5.41, 5.74) is 0. The summed E-state index contributed by atoms with van der Waals surface area (Å²) in [7, 11) is 0. The van der Waals surface area contributed by atoms with E-state index in [1.165, 1.54) is 6.42 Å². The maximum Gasteiger partial charge on any atom is 0.338 e. The van der Waals surface area contributed by atoms with Crippen molar-refractivity contribution in [2.24, 2.45) is 0 Å². The second-order valence-corrected chi connectivity index (χ2v) is 5.49. The molecule has 1 spiro atoms. The van der Waals surface area contributed by atoms with E-state index in [1.54, 1.807) is 0 Å². The van der Waals surface area contributed by atoms with Crippen LogP contribution in [0.4, 0.5) is 0 Å². The molecule has 6 nitrogen and oxygen atoms in total. The topological polar surface area (TPSA) is 74.2 Å². The number of carbonyl (C=O) groups excluding carboxylic acids is 1. The number of esters is 1. The normalized spacial score (nSPS) is 49.2. The van der Waals surface area contributed by atoms with Gasteiger partial charge in [0.25, 0.3) is 0 Å². The molecule has 100 valence electrons. The van der Waals surface area contributed by atoms with E-state index < -0.39 is 42.5 Å². The van der Waals surface area contributed by atoms with Crippen molar-refractivity contribution in [3.05, 3.63) is 0 Å². The minimum atomic E-state index is -1.21. The van der Waals surface area contributed by atoms with Gasteiger partial charge in [-0.3, -0.25) is 0 Å². The van der Waals surface area contributed by atoms with Gasteiger partial charge in [-0.2, -0.15) is 0 Å². The predicted molar refractivity (Wildman–Crippen MR) is 56.3 cm³/mol. The van der Waals surface area contributed by atoms with Gasteiger partial charge in [-0.1, -0.05) is 6.42 Å². The first-order valence-electron chi connectivity index (χ1n) is 6.58. The number of carbonyl (C=O) groups is 1. The molecule has 0 amide bonds. The molecule has 3 heterocycles. The molecule has 1 aliphatic carbocycles. The third-order valence-corrected chi connectivity index (χ3v) is 4.31. The quantitative estimate of drug-likeness (QED) is 0.618. The lowest BCUT2D eigenvalue weighted by Gasteiger charge is -2.33. The summed E-state index contributed by atoms with van der Waals surface area (Å²) in [6, 6.07) is 0. The molecule has 0 aromatic heterocycles. The molecule has 3 aliphatic heterocycles. The van der Waals surface area contributed by atoms with E-state index in [-0.39, 0.29) is 0 Å². The average molecular weight is 256 g/mol. The van der Waals surface area contributed by atoms with Crippen LogP contribution in [-0.4, -0.2) is 47.6 Å². The van der Waals surface area contributed by atoms with Crippen LogP contribution < -0.4 is 0 Å².